The minimum absolute atomic E-state index is 0.0975. The van der Waals surface area contributed by atoms with Gasteiger partial charge in [-0.15, -0.1) is 0 Å². The lowest BCUT2D eigenvalue weighted by Gasteiger charge is -2.24. The molecule has 13 nitrogen and oxygen atoms in total. The van der Waals surface area contributed by atoms with Crippen molar-refractivity contribution in [1.29, 1.82) is 0 Å². The number of sulfonamides is 2. The molecule has 0 aliphatic carbocycles. The van der Waals surface area contributed by atoms with Crippen molar-refractivity contribution in [2.45, 2.75) is 9.79 Å². The number of nitro groups is 2. The lowest BCUT2D eigenvalue weighted by Crippen LogP contribution is -2.37. The van der Waals surface area contributed by atoms with Crippen LogP contribution in [0.4, 0.5) is 17.1 Å². The highest BCUT2D eigenvalue weighted by molar-refractivity contribution is 8.10. The maximum atomic E-state index is 13.5. The van der Waals surface area contributed by atoms with E-state index in [1.54, 1.807) is 0 Å². The fourth-order valence-electron chi connectivity index (χ4n) is 3.08. The van der Waals surface area contributed by atoms with Gasteiger partial charge in [0.05, 0.1) is 25.3 Å². The minimum atomic E-state index is -4.85. The van der Waals surface area contributed by atoms with Crippen LogP contribution in [-0.4, -0.2) is 33.5 Å². The van der Waals surface area contributed by atoms with Gasteiger partial charge in [-0.2, -0.15) is 3.71 Å². The zero-order chi connectivity index (χ0) is 24.7. The Labute approximate surface area is 192 Å². The molecule has 0 saturated heterocycles. The quantitative estimate of drug-likeness (QED) is 0.341. The van der Waals surface area contributed by atoms with Gasteiger partial charge in [0.2, 0.25) is 6.79 Å². The molecule has 0 radical (unpaired) electrons. The Morgan fingerprint density at radius 3 is 1.56 bits per heavy atom. The molecular formula is C19H13N3O10S2. The van der Waals surface area contributed by atoms with Crippen molar-refractivity contribution in [3.8, 4) is 11.5 Å². The molecule has 0 fully saturated rings. The van der Waals surface area contributed by atoms with E-state index in [-0.39, 0.29) is 27.7 Å². The molecule has 0 bridgehead atoms. The fourth-order valence-corrected chi connectivity index (χ4v) is 6.75. The lowest BCUT2D eigenvalue weighted by atomic mass is 10.3. The third-order valence-corrected chi connectivity index (χ3v) is 8.90. The number of hydrogen-bond acceptors (Lipinski definition) is 10. The number of non-ortho nitro benzene ring substituents is 2. The van der Waals surface area contributed by atoms with Gasteiger partial charge in [0.15, 0.2) is 11.5 Å². The monoisotopic (exact) mass is 507 g/mol. The van der Waals surface area contributed by atoms with E-state index in [9.17, 15) is 37.1 Å². The van der Waals surface area contributed by atoms with Crippen molar-refractivity contribution >= 4 is 37.1 Å². The number of ether oxygens (including phenoxy) is 2. The highest BCUT2D eigenvalue weighted by Gasteiger charge is 2.38. The number of anilines is 1. The van der Waals surface area contributed by atoms with Crippen LogP contribution in [0.1, 0.15) is 0 Å². The summed E-state index contributed by atoms with van der Waals surface area (Å²) in [5.41, 5.74) is -1.13. The van der Waals surface area contributed by atoms with Gasteiger partial charge >= 0.3 is 0 Å². The molecule has 0 atom stereocenters. The number of nitro benzene ring substituents is 2. The molecule has 0 amide bonds. The van der Waals surface area contributed by atoms with Crippen molar-refractivity contribution in [1.82, 2.24) is 0 Å². The summed E-state index contributed by atoms with van der Waals surface area (Å²) in [6.45, 7) is -0.150. The number of rotatable bonds is 7. The Morgan fingerprint density at radius 1 is 0.676 bits per heavy atom. The molecule has 0 N–H and O–H groups in total. The van der Waals surface area contributed by atoms with Crippen LogP contribution in [0, 0.1) is 20.2 Å². The fraction of sp³-hybridized carbons (Fsp3) is 0.0526. The lowest BCUT2D eigenvalue weighted by molar-refractivity contribution is -0.385. The summed E-state index contributed by atoms with van der Waals surface area (Å²) in [6.07, 6.45) is 0. The van der Waals surface area contributed by atoms with Crippen LogP contribution in [0.2, 0.25) is 0 Å². The topological polar surface area (TPSA) is 176 Å². The summed E-state index contributed by atoms with van der Waals surface area (Å²) >= 11 is 0. The smallest absolute Gasteiger partial charge is 0.277 e. The second kappa shape index (κ2) is 8.27. The average molecular weight is 507 g/mol. The first-order valence-electron chi connectivity index (χ1n) is 9.21. The standard InChI is InChI=1S/C19H13N3O10S2/c23-20(24)13-1-6-16(7-2-13)33(27,28)22(15-5-10-18-19(11-15)32-12-31-18)34(29,30)17-8-3-14(4-9-17)21(25)26/h1-11H,12H2. The van der Waals surface area contributed by atoms with Crippen LogP contribution in [0.15, 0.2) is 76.5 Å². The van der Waals surface area contributed by atoms with Gasteiger partial charge in [0, 0.05) is 30.3 Å². The van der Waals surface area contributed by atoms with Gasteiger partial charge in [0.25, 0.3) is 31.4 Å². The van der Waals surface area contributed by atoms with Gasteiger partial charge in [-0.25, -0.2) is 16.8 Å². The molecule has 0 saturated carbocycles. The van der Waals surface area contributed by atoms with Crippen molar-refractivity contribution in [3.63, 3.8) is 0 Å². The Hall–Kier alpha value is -4.24. The summed E-state index contributed by atoms with van der Waals surface area (Å²) in [5.74, 6) is 0.365. The van der Waals surface area contributed by atoms with E-state index in [1.807, 2.05) is 0 Å². The number of fused-ring (bicyclic) bond motifs is 1. The van der Waals surface area contributed by atoms with Gasteiger partial charge in [-0.05, 0) is 36.4 Å². The van der Waals surface area contributed by atoms with Crippen LogP contribution in [0.5, 0.6) is 11.5 Å². The Kier molecular flexibility index (Phi) is 5.58. The zero-order valence-corrected chi connectivity index (χ0v) is 18.4. The van der Waals surface area contributed by atoms with Crippen LogP contribution in [0.3, 0.4) is 0 Å². The second-order valence-corrected chi connectivity index (χ2v) is 10.6. The molecule has 1 aliphatic rings. The van der Waals surface area contributed by atoms with Crippen LogP contribution in [0.25, 0.3) is 0 Å². The Balaban J connectivity index is 1.89. The van der Waals surface area contributed by atoms with E-state index >= 15 is 0 Å². The van der Waals surface area contributed by atoms with E-state index < -0.39 is 51.1 Å². The highest BCUT2D eigenvalue weighted by atomic mass is 32.3. The molecule has 0 spiro atoms. The maximum absolute atomic E-state index is 13.5. The van der Waals surface area contributed by atoms with Crippen LogP contribution >= 0.6 is 0 Å². The summed E-state index contributed by atoms with van der Waals surface area (Å²) < 4.78 is 64.6. The summed E-state index contributed by atoms with van der Waals surface area (Å²) in [4.78, 5) is 19.3. The molecule has 3 aromatic rings. The Morgan fingerprint density at radius 2 is 1.12 bits per heavy atom. The van der Waals surface area contributed by atoms with Crippen LogP contribution < -0.4 is 13.2 Å². The zero-order valence-electron chi connectivity index (χ0n) is 16.8. The predicted octanol–water partition coefficient (Wildman–Crippen LogP) is 2.82. The summed E-state index contributed by atoms with van der Waals surface area (Å²) in [5, 5.41) is 21.8. The van der Waals surface area contributed by atoms with E-state index in [0.29, 0.717) is 0 Å². The number of benzene rings is 3. The van der Waals surface area contributed by atoms with E-state index in [0.717, 1.165) is 54.6 Å². The van der Waals surface area contributed by atoms with Crippen molar-refractivity contribution in [3.05, 3.63) is 87.0 Å². The highest BCUT2D eigenvalue weighted by Crippen LogP contribution is 2.39. The largest absolute Gasteiger partial charge is 0.454 e. The normalized spacial score (nSPS) is 12.8. The molecule has 1 aliphatic heterocycles. The first-order chi connectivity index (χ1) is 16.0. The molecule has 4 rings (SSSR count). The van der Waals surface area contributed by atoms with E-state index in [1.165, 1.54) is 12.1 Å². The number of hydrogen-bond donors (Lipinski definition) is 0. The summed E-state index contributed by atoms with van der Waals surface area (Å²) in [7, 11) is -9.71. The molecule has 0 aromatic heterocycles. The Bertz CT molecular complexity index is 1420. The molecule has 0 unspecified atom stereocenters. The van der Waals surface area contributed by atoms with E-state index in [4.69, 9.17) is 9.47 Å². The minimum Gasteiger partial charge on any atom is -0.454 e. The predicted molar refractivity (Wildman–Crippen MR) is 116 cm³/mol. The molecule has 15 heteroatoms. The van der Waals surface area contributed by atoms with Crippen molar-refractivity contribution in [2.24, 2.45) is 0 Å². The molecule has 3 aromatic carbocycles. The SMILES string of the molecule is O=[N+]([O-])c1ccc(S(=O)(=O)N(c2ccc3c(c2)OCO3)S(=O)(=O)c2ccc([N+](=O)[O-])cc2)cc1. The molecule has 34 heavy (non-hydrogen) atoms. The summed E-state index contributed by atoms with van der Waals surface area (Å²) in [6, 6.07) is 10.9. The van der Waals surface area contributed by atoms with Crippen LogP contribution in [-0.2, 0) is 20.0 Å². The molecular weight excluding hydrogens is 494 g/mol. The number of nitrogens with zero attached hydrogens (tertiary/aromatic N) is 3. The van der Waals surface area contributed by atoms with Gasteiger partial charge < -0.3 is 9.47 Å². The van der Waals surface area contributed by atoms with Crippen molar-refractivity contribution in [2.75, 3.05) is 10.5 Å². The third kappa shape index (κ3) is 3.97. The third-order valence-electron chi connectivity index (χ3n) is 4.69. The van der Waals surface area contributed by atoms with Gasteiger partial charge in [-0.3, -0.25) is 20.2 Å². The molecule has 1 heterocycles. The second-order valence-electron chi connectivity index (χ2n) is 6.75. The molecule has 176 valence electrons. The van der Waals surface area contributed by atoms with Gasteiger partial charge in [0.1, 0.15) is 0 Å². The first-order valence-corrected chi connectivity index (χ1v) is 12.1. The average Bonchev–Trinajstić information content (AvgIpc) is 3.27. The first kappa shape index (κ1) is 22.9. The van der Waals surface area contributed by atoms with Gasteiger partial charge in [-0.1, -0.05) is 0 Å². The maximum Gasteiger partial charge on any atom is 0.277 e. The van der Waals surface area contributed by atoms with Crippen molar-refractivity contribution < 1.29 is 36.2 Å². The van der Waals surface area contributed by atoms with E-state index in [2.05, 4.69) is 0 Å².